The van der Waals surface area contributed by atoms with E-state index in [1.807, 2.05) is 0 Å². The smallest absolute Gasteiger partial charge is 0.256 e. The molecule has 17 heavy (non-hydrogen) atoms. The molecule has 1 aliphatic heterocycles. The number of halogens is 1. The summed E-state index contributed by atoms with van der Waals surface area (Å²) in [5.41, 5.74) is 6.72. The molecule has 1 amide bonds. The van der Waals surface area contributed by atoms with Crippen LogP contribution in [0.3, 0.4) is 0 Å². The Morgan fingerprint density at radius 3 is 2.94 bits per heavy atom. The Kier molecular flexibility index (Phi) is 3.54. The molecule has 4 nitrogen and oxygen atoms in total. The van der Waals surface area contributed by atoms with Gasteiger partial charge in [-0.2, -0.15) is 0 Å². The number of rotatable bonds is 2. The molecule has 0 spiro atoms. The van der Waals surface area contributed by atoms with Crippen LogP contribution in [0.2, 0.25) is 5.02 Å². The van der Waals surface area contributed by atoms with E-state index in [0.29, 0.717) is 29.4 Å². The van der Waals surface area contributed by atoms with Crippen LogP contribution in [0.15, 0.2) is 18.2 Å². The number of benzene rings is 1. The minimum Gasteiger partial charge on any atom is -0.398 e. The van der Waals surface area contributed by atoms with Gasteiger partial charge in [0.2, 0.25) is 0 Å². The highest BCUT2D eigenvalue weighted by Crippen LogP contribution is 2.22. The number of carbonyl (C=O) groups is 1. The lowest BCUT2D eigenvalue weighted by Crippen LogP contribution is -2.30. The average Bonchev–Trinajstić information content (AvgIpc) is 2.76. The van der Waals surface area contributed by atoms with Gasteiger partial charge >= 0.3 is 0 Å². The first kappa shape index (κ1) is 12.2. The van der Waals surface area contributed by atoms with Crippen LogP contribution in [0.25, 0.3) is 0 Å². The maximum absolute atomic E-state index is 12.2. The lowest BCUT2D eigenvalue weighted by atomic mass is 10.1. The van der Waals surface area contributed by atoms with Crippen LogP contribution in [0, 0.1) is 0 Å². The maximum Gasteiger partial charge on any atom is 0.256 e. The molecule has 1 heterocycles. The molecular formula is C12H15ClN2O2. The van der Waals surface area contributed by atoms with E-state index in [1.54, 1.807) is 30.2 Å². The Bertz CT molecular complexity index is 437. The van der Waals surface area contributed by atoms with E-state index in [2.05, 4.69) is 0 Å². The number of methoxy groups -OCH3 is 1. The Balaban J connectivity index is 2.15. The van der Waals surface area contributed by atoms with E-state index in [0.717, 1.165) is 6.42 Å². The van der Waals surface area contributed by atoms with Crippen molar-refractivity contribution in [2.75, 3.05) is 25.9 Å². The SMILES string of the molecule is COC1CCN(C(=O)c2ccc(Cl)cc2N)C1. The second kappa shape index (κ2) is 4.94. The van der Waals surface area contributed by atoms with Crippen LogP contribution in [-0.2, 0) is 4.74 Å². The number of ether oxygens (including phenoxy) is 1. The number of hydrogen-bond donors (Lipinski definition) is 1. The largest absolute Gasteiger partial charge is 0.398 e. The van der Waals surface area contributed by atoms with Gasteiger partial charge in [0.1, 0.15) is 0 Å². The Labute approximate surface area is 105 Å². The van der Waals surface area contributed by atoms with Crippen LogP contribution >= 0.6 is 11.6 Å². The summed E-state index contributed by atoms with van der Waals surface area (Å²) in [4.78, 5) is 13.9. The second-order valence-corrected chi connectivity index (χ2v) is 4.57. The van der Waals surface area contributed by atoms with E-state index in [1.165, 1.54) is 0 Å². The third-order valence-electron chi connectivity index (χ3n) is 3.01. The molecular weight excluding hydrogens is 240 g/mol. The molecule has 0 aliphatic carbocycles. The summed E-state index contributed by atoms with van der Waals surface area (Å²) in [6.07, 6.45) is 1.00. The molecule has 1 atom stereocenters. The molecule has 1 aromatic rings. The van der Waals surface area contributed by atoms with Gasteiger partial charge in [0.05, 0.1) is 11.7 Å². The van der Waals surface area contributed by atoms with Crippen molar-refractivity contribution in [1.82, 2.24) is 4.90 Å². The summed E-state index contributed by atoms with van der Waals surface area (Å²) in [7, 11) is 1.66. The monoisotopic (exact) mass is 254 g/mol. The summed E-state index contributed by atoms with van der Waals surface area (Å²) in [5, 5.41) is 0.537. The summed E-state index contributed by atoms with van der Waals surface area (Å²) in [6, 6.07) is 4.94. The number of anilines is 1. The topological polar surface area (TPSA) is 55.6 Å². The summed E-state index contributed by atoms with van der Waals surface area (Å²) >= 11 is 5.80. The molecule has 5 heteroatoms. The van der Waals surface area contributed by atoms with Gasteiger partial charge in [-0.3, -0.25) is 4.79 Å². The summed E-state index contributed by atoms with van der Waals surface area (Å²) < 4.78 is 5.23. The lowest BCUT2D eigenvalue weighted by molar-refractivity contribution is 0.0725. The average molecular weight is 255 g/mol. The van der Waals surface area contributed by atoms with Gasteiger partial charge in [-0.25, -0.2) is 0 Å². The minimum absolute atomic E-state index is 0.0567. The Hall–Kier alpha value is -1.26. The number of hydrogen-bond acceptors (Lipinski definition) is 3. The molecule has 2 N–H and O–H groups in total. The van der Waals surface area contributed by atoms with Crippen molar-refractivity contribution in [2.24, 2.45) is 0 Å². The van der Waals surface area contributed by atoms with Crippen LogP contribution < -0.4 is 5.73 Å². The van der Waals surface area contributed by atoms with Crippen molar-refractivity contribution in [1.29, 1.82) is 0 Å². The van der Waals surface area contributed by atoms with Gasteiger partial charge in [0.25, 0.3) is 5.91 Å². The fraction of sp³-hybridized carbons (Fsp3) is 0.417. The maximum atomic E-state index is 12.2. The van der Waals surface area contributed by atoms with Crippen molar-refractivity contribution < 1.29 is 9.53 Å². The highest BCUT2D eigenvalue weighted by atomic mass is 35.5. The molecule has 1 saturated heterocycles. The number of nitrogens with two attached hydrogens (primary N) is 1. The first-order valence-corrected chi connectivity index (χ1v) is 5.86. The quantitative estimate of drug-likeness (QED) is 0.819. The number of nitrogen functional groups attached to an aromatic ring is 1. The molecule has 1 aliphatic rings. The van der Waals surface area contributed by atoms with Crippen molar-refractivity contribution in [3.8, 4) is 0 Å². The highest BCUT2D eigenvalue weighted by molar-refractivity contribution is 6.31. The fourth-order valence-corrected chi connectivity index (χ4v) is 2.18. The zero-order valence-electron chi connectivity index (χ0n) is 9.65. The van der Waals surface area contributed by atoms with Gasteiger partial charge in [-0.05, 0) is 24.6 Å². The standard InChI is InChI=1S/C12H15ClN2O2/c1-17-9-4-5-15(7-9)12(16)10-3-2-8(13)6-11(10)14/h2-3,6,9H,4-5,7,14H2,1H3. The molecule has 0 saturated carbocycles. The molecule has 0 bridgehead atoms. The highest BCUT2D eigenvalue weighted by Gasteiger charge is 2.27. The zero-order valence-corrected chi connectivity index (χ0v) is 10.4. The Morgan fingerprint density at radius 2 is 2.35 bits per heavy atom. The Morgan fingerprint density at radius 1 is 1.59 bits per heavy atom. The van der Waals surface area contributed by atoms with Gasteiger partial charge in [0, 0.05) is 30.9 Å². The van der Waals surface area contributed by atoms with Gasteiger partial charge in [-0.15, -0.1) is 0 Å². The number of nitrogens with zero attached hydrogens (tertiary/aromatic N) is 1. The van der Waals surface area contributed by atoms with E-state index < -0.39 is 0 Å². The van der Waals surface area contributed by atoms with Crippen LogP contribution in [0.4, 0.5) is 5.69 Å². The fourth-order valence-electron chi connectivity index (χ4n) is 2.00. The second-order valence-electron chi connectivity index (χ2n) is 4.13. The van der Waals surface area contributed by atoms with Crippen LogP contribution in [-0.4, -0.2) is 37.1 Å². The first-order valence-electron chi connectivity index (χ1n) is 5.49. The normalized spacial score (nSPS) is 19.6. The van der Waals surface area contributed by atoms with Crippen molar-refractivity contribution in [2.45, 2.75) is 12.5 Å². The third-order valence-corrected chi connectivity index (χ3v) is 3.24. The van der Waals surface area contributed by atoms with E-state index in [4.69, 9.17) is 22.1 Å². The molecule has 2 rings (SSSR count). The van der Waals surface area contributed by atoms with Crippen LogP contribution in [0.1, 0.15) is 16.8 Å². The van der Waals surface area contributed by atoms with E-state index in [-0.39, 0.29) is 12.0 Å². The predicted molar refractivity (Wildman–Crippen MR) is 67.2 cm³/mol. The molecule has 1 fully saturated rings. The number of likely N-dealkylation sites (tertiary alicyclic amines) is 1. The first-order chi connectivity index (χ1) is 8.11. The molecule has 0 radical (unpaired) electrons. The van der Waals surface area contributed by atoms with Crippen molar-refractivity contribution >= 4 is 23.2 Å². The van der Waals surface area contributed by atoms with Crippen LogP contribution in [0.5, 0.6) is 0 Å². The molecule has 92 valence electrons. The van der Waals surface area contributed by atoms with E-state index in [9.17, 15) is 4.79 Å². The van der Waals surface area contributed by atoms with E-state index >= 15 is 0 Å². The predicted octanol–water partition coefficient (Wildman–Crippen LogP) is 1.78. The molecule has 0 aromatic heterocycles. The summed E-state index contributed by atoms with van der Waals surface area (Å²) in [6.45, 7) is 1.33. The third kappa shape index (κ3) is 2.53. The van der Waals surface area contributed by atoms with Crippen molar-refractivity contribution in [3.05, 3.63) is 28.8 Å². The molecule has 1 unspecified atom stereocenters. The zero-order chi connectivity index (χ0) is 12.4. The van der Waals surface area contributed by atoms with Gasteiger partial charge < -0.3 is 15.4 Å². The van der Waals surface area contributed by atoms with Crippen molar-refractivity contribution in [3.63, 3.8) is 0 Å². The minimum atomic E-state index is -0.0567. The van der Waals surface area contributed by atoms with Gasteiger partial charge in [-0.1, -0.05) is 11.6 Å². The lowest BCUT2D eigenvalue weighted by Gasteiger charge is -2.17. The number of carbonyl (C=O) groups excluding carboxylic acids is 1. The number of amides is 1. The van der Waals surface area contributed by atoms with Gasteiger partial charge in [0.15, 0.2) is 0 Å². The summed E-state index contributed by atoms with van der Waals surface area (Å²) in [5.74, 6) is -0.0567. The molecule has 1 aromatic carbocycles.